The number of carboxylic acid groups (broad SMARTS) is 1. The van der Waals surface area contributed by atoms with Crippen LogP contribution in [0.5, 0.6) is 0 Å². The average molecular weight is 276 g/mol. The number of carboxylic acids is 1. The molecular weight excluding hydrogens is 256 g/mol. The molecule has 2 N–H and O–H groups in total. The Labute approximate surface area is 118 Å². The monoisotopic (exact) mass is 276 g/mol. The molecule has 5 nitrogen and oxygen atoms in total. The van der Waals surface area contributed by atoms with Crippen LogP contribution in [0.15, 0.2) is 24.4 Å². The van der Waals surface area contributed by atoms with Crippen molar-refractivity contribution in [2.45, 2.75) is 26.2 Å². The van der Waals surface area contributed by atoms with Crippen molar-refractivity contribution in [2.75, 3.05) is 6.54 Å². The van der Waals surface area contributed by atoms with E-state index in [2.05, 4.69) is 10.3 Å². The van der Waals surface area contributed by atoms with Gasteiger partial charge in [-0.1, -0.05) is 13.0 Å². The van der Waals surface area contributed by atoms with Crippen LogP contribution in [0.2, 0.25) is 0 Å². The molecule has 1 aromatic rings. The Morgan fingerprint density at radius 1 is 1.35 bits per heavy atom. The van der Waals surface area contributed by atoms with Crippen molar-refractivity contribution in [1.82, 2.24) is 10.3 Å². The second-order valence-corrected chi connectivity index (χ2v) is 5.49. The summed E-state index contributed by atoms with van der Waals surface area (Å²) in [5, 5.41) is 12.0. The number of pyridine rings is 1. The predicted octanol–water partition coefficient (Wildman–Crippen LogP) is 1.49. The summed E-state index contributed by atoms with van der Waals surface area (Å²) in [7, 11) is 0. The normalized spacial score (nSPS) is 25.4. The average Bonchev–Trinajstić information content (AvgIpc) is 2.82. The highest BCUT2D eigenvalue weighted by Gasteiger charge is 2.40. The van der Waals surface area contributed by atoms with Crippen LogP contribution in [0.4, 0.5) is 0 Å². The first kappa shape index (κ1) is 14.5. The standard InChI is InChI=1S/C15H20N2O3/c1-10-8-12(13(9-10)15(19)20)14(18)17-7-5-11-4-2-3-6-16-11/h2-4,6,10,12-13H,5,7-9H2,1H3,(H,17,18)(H,19,20). The first-order valence-corrected chi connectivity index (χ1v) is 6.98. The van der Waals surface area contributed by atoms with Gasteiger partial charge in [0.15, 0.2) is 0 Å². The smallest absolute Gasteiger partial charge is 0.307 e. The molecule has 1 aliphatic rings. The molecular formula is C15H20N2O3. The summed E-state index contributed by atoms with van der Waals surface area (Å²) >= 11 is 0. The molecule has 2 rings (SSSR count). The van der Waals surface area contributed by atoms with E-state index < -0.39 is 17.8 Å². The molecule has 0 spiro atoms. The van der Waals surface area contributed by atoms with Crippen LogP contribution in [0.25, 0.3) is 0 Å². The largest absolute Gasteiger partial charge is 0.481 e. The molecule has 1 amide bonds. The summed E-state index contributed by atoms with van der Waals surface area (Å²) in [6.45, 7) is 2.49. The van der Waals surface area contributed by atoms with Crippen molar-refractivity contribution in [2.24, 2.45) is 17.8 Å². The zero-order valence-electron chi connectivity index (χ0n) is 11.6. The van der Waals surface area contributed by atoms with Crippen molar-refractivity contribution in [3.8, 4) is 0 Å². The minimum atomic E-state index is -0.862. The number of aromatic nitrogens is 1. The van der Waals surface area contributed by atoms with Gasteiger partial charge in [-0.05, 0) is 30.9 Å². The van der Waals surface area contributed by atoms with E-state index in [1.807, 2.05) is 25.1 Å². The van der Waals surface area contributed by atoms with Crippen molar-refractivity contribution in [3.05, 3.63) is 30.1 Å². The zero-order chi connectivity index (χ0) is 14.5. The van der Waals surface area contributed by atoms with E-state index in [-0.39, 0.29) is 5.91 Å². The van der Waals surface area contributed by atoms with E-state index in [1.165, 1.54) is 0 Å². The lowest BCUT2D eigenvalue weighted by Gasteiger charge is -2.15. The number of hydrogen-bond donors (Lipinski definition) is 2. The number of rotatable bonds is 5. The summed E-state index contributed by atoms with van der Waals surface area (Å²) < 4.78 is 0. The Kier molecular flexibility index (Phi) is 4.71. The first-order valence-electron chi connectivity index (χ1n) is 6.98. The predicted molar refractivity (Wildman–Crippen MR) is 74.0 cm³/mol. The van der Waals surface area contributed by atoms with Crippen LogP contribution >= 0.6 is 0 Å². The van der Waals surface area contributed by atoms with Crippen molar-refractivity contribution in [3.63, 3.8) is 0 Å². The Bertz CT molecular complexity index is 475. The number of amides is 1. The molecule has 0 aromatic carbocycles. The number of nitrogens with zero attached hydrogens (tertiary/aromatic N) is 1. The van der Waals surface area contributed by atoms with E-state index in [4.69, 9.17) is 5.11 Å². The van der Waals surface area contributed by atoms with Gasteiger partial charge in [-0.25, -0.2) is 0 Å². The Morgan fingerprint density at radius 3 is 2.75 bits per heavy atom. The molecule has 3 atom stereocenters. The van der Waals surface area contributed by atoms with Gasteiger partial charge in [-0.2, -0.15) is 0 Å². The van der Waals surface area contributed by atoms with Gasteiger partial charge >= 0.3 is 5.97 Å². The maximum Gasteiger partial charge on any atom is 0.307 e. The van der Waals surface area contributed by atoms with Gasteiger partial charge < -0.3 is 10.4 Å². The molecule has 3 unspecified atom stereocenters. The number of nitrogens with one attached hydrogen (secondary N) is 1. The van der Waals surface area contributed by atoms with Crippen LogP contribution < -0.4 is 5.32 Å². The Balaban J connectivity index is 1.84. The highest BCUT2D eigenvalue weighted by Crippen LogP contribution is 2.36. The number of hydrogen-bond acceptors (Lipinski definition) is 3. The van der Waals surface area contributed by atoms with Gasteiger partial charge in [0, 0.05) is 24.9 Å². The van der Waals surface area contributed by atoms with Crippen molar-refractivity contribution in [1.29, 1.82) is 0 Å². The van der Waals surface area contributed by atoms with Gasteiger partial charge in [0.25, 0.3) is 0 Å². The first-order chi connectivity index (χ1) is 9.58. The molecule has 1 saturated carbocycles. The molecule has 0 saturated heterocycles. The summed E-state index contributed by atoms with van der Waals surface area (Å²) in [6, 6.07) is 5.66. The molecule has 1 fully saturated rings. The van der Waals surface area contributed by atoms with Gasteiger partial charge in [-0.3, -0.25) is 14.6 Å². The number of carbonyl (C=O) groups excluding carboxylic acids is 1. The molecule has 20 heavy (non-hydrogen) atoms. The van der Waals surface area contributed by atoms with Gasteiger partial charge in [0.05, 0.1) is 11.8 Å². The molecule has 1 aromatic heterocycles. The van der Waals surface area contributed by atoms with Crippen molar-refractivity contribution >= 4 is 11.9 Å². The molecule has 108 valence electrons. The van der Waals surface area contributed by atoms with Crippen LogP contribution in [0, 0.1) is 17.8 Å². The maximum atomic E-state index is 12.1. The molecule has 5 heteroatoms. The van der Waals surface area contributed by atoms with E-state index >= 15 is 0 Å². The third-order valence-corrected chi connectivity index (χ3v) is 3.86. The topological polar surface area (TPSA) is 79.3 Å². The second kappa shape index (κ2) is 6.50. The minimum absolute atomic E-state index is 0.141. The highest BCUT2D eigenvalue weighted by atomic mass is 16.4. The van der Waals surface area contributed by atoms with Crippen LogP contribution in [0.1, 0.15) is 25.5 Å². The molecule has 1 aliphatic carbocycles. The van der Waals surface area contributed by atoms with E-state index in [9.17, 15) is 9.59 Å². The van der Waals surface area contributed by atoms with Gasteiger partial charge in [0.2, 0.25) is 5.91 Å². The Morgan fingerprint density at radius 2 is 2.10 bits per heavy atom. The summed E-state index contributed by atoms with van der Waals surface area (Å²) in [4.78, 5) is 27.5. The molecule has 0 bridgehead atoms. The van der Waals surface area contributed by atoms with Crippen LogP contribution in [-0.4, -0.2) is 28.5 Å². The second-order valence-electron chi connectivity index (χ2n) is 5.49. The Hall–Kier alpha value is -1.91. The van der Waals surface area contributed by atoms with Crippen molar-refractivity contribution < 1.29 is 14.7 Å². The lowest BCUT2D eigenvalue weighted by atomic mass is 9.95. The zero-order valence-corrected chi connectivity index (χ0v) is 11.6. The highest BCUT2D eigenvalue weighted by molar-refractivity contribution is 5.85. The lowest BCUT2D eigenvalue weighted by molar-refractivity contribution is -0.146. The third-order valence-electron chi connectivity index (χ3n) is 3.86. The maximum absolute atomic E-state index is 12.1. The summed E-state index contributed by atoms with van der Waals surface area (Å²) in [5.41, 5.74) is 0.919. The molecule has 0 radical (unpaired) electrons. The van der Waals surface area contributed by atoms with E-state index in [0.29, 0.717) is 31.7 Å². The molecule has 0 aliphatic heterocycles. The quantitative estimate of drug-likeness (QED) is 0.854. The van der Waals surface area contributed by atoms with Crippen LogP contribution in [0.3, 0.4) is 0 Å². The fraction of sp³-hybridized carbons (Fsp3) is 0.533. The minimum Gasteiger partial charge on any atom is -0.481 e. The summed E-state index contributed by atoms with van der Waals surface area (Å²) in [5.74, 6) is -1.65. The van der Waals surface area contributed by atoms with E-state index in [0.717, 1.165) is 5.69 Å². The lowest BCUT2D eigenvalue weighted by Crippen LogP contribution is -2.36. The number of carbonyl (C=O) groups is 2. The third kappa shape index (κ3) is 3.56. The van der Waals surface area contributed by atoms with E-state index in [1.54, 1.807) is 6.20 Å². The fourth-order valence-corrected chi connectivity index (χ4v) is 2.85. The fourth-order valence-electron chi connectivity index (χ4n) is 2.85. The van der Waals surface area contributed by atoms with Gasteiger partial charge in [-0.15, -0.1) is 0 Å². The summed E-state index contributed by atoms with van der Waals surface area (Å²) in [6.07, 6.45) is 3.63. The molecule has 1 heterocycles. The number of aliphatic carboxylic acids is 1. The van der Waals surface area contributed by atoms with Gasteiger partial charge in [0.1, 0.15) is 0 Å². The SMILES string of the molecule is CC1CC(C(=O)O)C(C(=O)NCCc2ccccn2)C1. The van der Waals surface area contributed by atoms with Crippen LogP contribution in [-0.2, 0) is 16.0 Å².